The summed E-state index contributed by atoms with van der Waals surface area (Å²) in [4.78, 5) is 16.7. The van der Waals surface area contributed by atoms with Crippen molar-refractivity contribution in [3.63, 3.8) is 0 Å². The van der Waals surface area contributed by atoms with Crippen molar-refractivity contribution in [3.8, 4) is 5.69 Å². The van der Waals surface area contributed by atoms with Crippen LogP contribution in [0.1, 0.15) is 29.4 Å². The number of nitrogens with one attached hydrogen (secondary N) is 1. The van der Waals surface area contributed by atoms with E-state index in [0.29, 0.717) is 5.69 Å². The Kier molecular flexibility index (Phi) is 5.06. The van der Waals surface area contributed by atoms with E-state index >= 15 is 0 Å². The summed E-state index contributed by atoms with van der Waals surface area (Å²) in [6.45, 7) is 2.03. The molecule has 24 heavy (non-hydrogen) atoms. The van der Waals surface area contributed by atoms with Gasteiger partial charge in [-0.2, -0.15) is 0 Å². The van der Waals surface area contributed by atoms with Gasteiger partial charge in [-0.15, -0.1) is 0 Å². The Bertz CT molecular complexity index is 781. The number of hydrogen-bond donors (Lipinski definition) is 1. The first kappa shape index (κ1) is 16.0. The average molecular weight is 319 g/mol. The molecule has 4 heteroatoms. The molecule has 122 valence electrons. The Hall–Kier alpha value is -2.88. The number of nitrogens with zero attached hydrogens (tertiary/aromatic N) is 2. The summed E-state index contributed by atoms with van der Waals surface area (Å²) >= 11 is 0. The van der Waals surface area contributed by atoms with Crippen LogP contribution in [0.15, 0.2) is 73.2 Å². The standard InChI is InChI=1S/C20H21N3O/c1-16(12-13-17-8-4-2-5-9-17)22-20(24)19-14-21-15-23(19)18-10-6-3-7-11-18/h2-11,14-16H,12-13H2,1H3,(H,22,24)/t16-/m0/s1. The number of aromatic nitrogens is 2. The molecule has 0 saturated heterocycles. The van der Waals surface area contributed by atoms with Gasteiger partial charge < -0.3 is 5.32 Å². The predicted molar refractivity (Wildman–Crippen MR) is 95.3 cm³/mol. The number of rotatable bonds is 6. The molecule has 1 amide bonds. The Balaban J connectivity index is 1.62. The second kappa shape index (κ2) is 7.59. The fraction of sp³-hybridized carbons (Fsp3) is 0.200. The van der Waals surface area contributed by atoms with Gasteiger partial charge in [-0.1, -0.05) is 48.5 Å². The van der Waals surface area contributed by atoms with E-state index in [9.17, 15) is 4.79 Å². The van der Waals surface area contributed by atoms with Gasteiger partial charge in [0.15, 0.2) is 0 Å². The summed E-state index contributed by atoms with van der Waals surface area (Å²) in [5, 5.41) is 3.06. The quantitative estimate of drug-likeness (QED) is 0.754. The number of para-hydroxylation sites is 1. The van der Waals surface area contributed by atoms with E-state index in [4.69, 9.17) is 0 Å². The van der Waals surface area contributed by atoms with Gasteiger partial charge in [0.05, 0.1) is 12.5 Å². The maximum Gasteiger partial charge on any atom is 0.270 e. The fourth-order valence-electron chi connectivity index (χ4n) is 2.66. The van der Waals surface area contributed by atoms with Crippen LogP contribution in [0.4, 0.5) is 0 Å². The fourth-order valence-corrected chi connectivity index (χ4v) is 2.66. The van der Waals surface area contributed by atoms with Crippen LogP contribution in [0.5, 0.6) is 0 Å². The normalized spacial score (nSPS) is 11.9. The lowest BCUT2D eigenvalue weighted by atomic mass is 10.1. The Morgan fingerprint density at radius 1 is 1.08 bits per heavy atom. The van der Waals surface area contributed by atoms with E-state index in [1.165, 1.54) is 5.56 Å². The molecule has 0 bridgehead atoms. The van der Waals surface area contributed by atoms with Crippen LogP contribution < -0.4 is 5.32 Å². The average Bonchev–Trinajstić information content (AvgIpc) is 3.11. The van der Waals surface area contributed by atoms with E-state index in [1.807, 2.05) is 55.5 Å². The molecule has 3 rings (SSSR count). The molecule has 0 fully saturated rings. The van der Waals surface area contributed by atoms with E-state index < -0.39 is 0 Å². The summed E-state index contributed by atoms with van der Waals surface area (Å²) in [7, 11) is 0. The number of carbonyl (C=O) groups is 1. The minimum Gasteiger partial charge on any atom is -0.348 e. The van der Waals surface area contributed by atoms with Crippen LogP contribution in [-0.2, 0) is 6.42 Å². The molecular weight excluding hydrogens is 298 g/mol. The molecule has 1 aromatic heterocycles. The van der Waals surface area contributed by atoms with Crippen molar-refractivity contribution in [2.75, 3.05) is 0 Å². The molecule has 1 N–H and O–H groups in total. The maximum absolute atomic E-state index is 12.5. The molecule has 0 spiro atoms. The van der Waals surface area contributed by atoms with E-state index in [-0.39, 0.29) is 11.9 Å². The van der Waals surface area contributed by atoms with Crippen molar-refractivity contribution in [1.29, 1.82) is 0 Å². The zero-order chi connectivity index (χ0) is 16.8. The molecule has 1 heterocycles. The predicted octanol–water partition coefficient (Wildman–Crippen LogP) is 3.62. The minimum atomic E-state index is -0.100. The lowest BCUT2D eigenvalue weighted by Crippen LogP contribution is -2.34. The van der Waals surface area contributed by atoms with Crippen molar-refractivity contribution in [1.82, 2.24) is 14.9 Å². The third-order valence-corrected chi connectivity index (χ3v) is 3.99. The first-order valence-corrected chi connectivity index (χ1v) is 8.16. The monoisotopic (exact) mass is 319 g/mol. The van der Waals surface area contributed by atoms with Gasteiger partial charge in [-0.3, -0.25) is 9.36 Å². The number of imidazole rings is 1. The van der Waals surface area contributed by atoms with Gasteiger partial charge in [0.2, 0.25) is 0 Å². The molecule has 0 radical (unpaired) electrons. The Morgan fingerprint density at radius 3 is 2.46 bits per heavy atom. The first-order valence-electron chi connectivity index (χ1n) is 8.16. The molecule has 0 unspecified atom stereocenters. The lowest BCUT2D eigenvalue weighted by Gasteiger charge is -2.15. The molecule has 0 saturated carbocycles. The van der Waals surface area contributed by atoms with Crippen molar-refractivity contribution in [2.45, 2.75) is 25.8 Å². The minimum absolute atomic E-state index is 0.0943. The van der Waals surface area contributed by atoms with Crippen molar-refractivity contribution >= 4 is 5.91 Å². The number of aryl methyl sites for hydroxylation is 1. The summed E-state index contributed by atoms with van der Waals surface area (Å²) in [6.07, 6.45) is 5.11. The van der Waals surface area contributed by atoms with E-state index in [2.05, 4.69) is 22.4 Å². The number of amides is 1. The highest BCUT2D eigenvalue weighted by Crippen LogP contribution is 2.11. The second-order valence-corrected chi connectivity index (χ2v) is 5.88. The zero-order valence-corrected chi connectivity index (χ0v) is 13.7. The van der Waals surface area contributed by atoms with E-state index in [0.717, 1.165) is 18.5 Å². The van der Waals surface area contributed by atoms with Crippen molar-refractivity contribution in [3.05, 3.63) is 84.4 Å². The van der Waals surface area contributed by atoms with Crippen molar-refractivity contribution in [2.24, 2.45) is 0 Å². The van der Waals surface area contributed by atoms with Crippen LogP contribution in [0.3, 0.4) is 0 Å². The van der Waals surface area contributed by atoms with Gasteiger partial charge in [0, 0.05) is 11.7 Å². The molecule has 4 nitrogen and oxygen atoms in total. The zero-order valence-electron chi connectivity index (χ0n) is 13.7. The van der Waals surface area contributed by atoms with Crippen LogP contribution in [-0.4, -0.2) is 21.5 Å². The third kappa shape index (κ3) is 3.90. The Labute approximate surface area is 142 Å². The SMILES string of the molecule is C[C@@H](CCc1ccccc1)NC(=O)c1cncn1-c1ccccc1. The smallest absolute Gasteiger partial charge is 0.270 e. The molecule has 0 aliphatic heterocycles. The Morgan fingerprint density at radius 2 is 1.75 bits per heavy atom. The largest absolute Gasteiger partial charge is 0.348 e. The number of carbonyl (C=O) groups excluding carboxylic acids is 1. The van der Waals surface area contributed by atoms with E-state index in [1.54, 1.807) is 17.1 Å². The maximum atomic E-state index is 12.5. The molecule has 1 atom stereocenters. The van der Waals surface area contributed by atoms with Gasteiger partial charge in [-0.05, 0) is 37.5 Å². The number of benzene rings is 2. The van der Waals surface area contributed by atoms with Gasteiger partial charge >= 0.3 is 0 Å². The van der Waals surface area contributed by atoms with Crippen LogP contribution >= 0.6 is 0 Å². The van der Waals surface area contributed by atoms with Crippen molar-refractivity contribution < 1.29 is 4.79 Å². The lowest BCUT2D eigenvalue weighted by molar-refractivity contribution is 0.0931. The van der Waals surface area contributed by atoms with Gasteiger partial charge in [0.1, 0.15) is 5.69 Å². The highest BCUT2D eigenvalue weighted by molar-refractivity contribution is 5.93. The third-order valence-electron chi connectivity index (χ3n) is 3.99. The molecule has 3 aromatic rings. The number of hydrogen-bond acceptors (Lipinski definition) is 2. The molecular formula is C20H21N3O. The summed E-state index contributed by atoms with van der Waals surface area (Å²) in [6, 6.07) is 20.2. The second-order valence-electron chi connectivity index (χ2n) is 5.88. The highest BCUT2D eigenvalue weighted by Gasteiger charge is 2.15. The van der Waals surface area contributed by atoms with Gasteiger partial charge in [-0.25, -0.2) is 4.98 Å². The first-order chi connectivity index (χ1) is 11.7. The molecule has 2 aromatic carbocycles. The summed E-state index contributed by atoms with van der Waals surface area (Å²) < 4.78 is 1.80. The topological polar surface area (TPSA) is 46.9 Å². The summed E-state index contributed by atoms with van der Waals surface area (Å²) in [5.74, 6) is -0.100. The summed E-state index contributed by atoms with van der Waals surface area (Å²) in [5.41, 5.74) is 2.76. The molecule has 0 aliphatic carbocycles. The van der Waals surface area contributed by atoms with Gasteiger partial charge in [0.25, 0.3) is 5.91 Å². The van der Waals surface area contributed by atoms with Crippen LogP contribution in [0.25, 0.3) is 5.69 Å². The van der Waals surface area contributed by atoms with Crippen LogP contribution in [0, 0.1) is 0 Å². The highest BCUT2D eigenvalue weighted by atomic mass is 16.2. The molecule has 0 aliphatic rings. The van der Waals surface area contributed by atoms with Crippen LogP contribution in [0.2, 0.25) is 0 Å².